The Kier molecular flexibility index (Phi) is 4.50. The molecule has 0 fully saturated rings. The summed E-state index contributed by atoms with van der Waals surface area (Å²) in [5.41, 5.74) is 5.63. The zero-order chi connectivity index (χ0) is 19.8. The third kappa shape index (κ3) is 2.98. The molecule has 2 aliphatic rings. The summed E-state index contributed by atoms with van der Waals surface area (Å²) in [6.45, 7) is 2.54. The van der Waals surface area contributed by atoms with E-state index in [2.05, 4.69) is 0 Å². The van der Waals surface area contributed by atoms with Crippen LogP contribution in [0.4, 0.5) is 0 Å². The quantitative estimate of drug-likeness (QED) is 0.821. The van der Waals surface area contributed by atoms with Gasteiger partial charge in [0.25, 0.3) is 11.8 Å². The SMILES string of the molecule is CC1C=CCC2CN1C(=O)c1c(OCc3ccccc3)c(=O)c(C(N)=O)cn12. The Morgan fingerprint density at radius 2 is 2.00 bits per heavy atom. The topological polar surface area (TPSA) is 94.6 Å². The van der Waals surface area contributed by atoms with E-state index in [-0.39, 0.29) is 41.6 Å². The number of nitrogens with two attached hydrogens (primary N) is 1. The largest absolute Gasteiger partial charge is 0.483 e. The normalized spacial score (nSPS) is 20.5. The van der Waals surface area contributed by atoms with Crippen LogP contribution in [0.15, 0.2) is 53.5 Å². The number of aromatic nitrogens is 1. The van der Waals surface area contributed by atoms with Crippen molar-refractivity contribution in [3.63, 3.8) is 0 Å². The first-order chi connectivity index (χ1) is 13.5. The summed E-state index contributed by atoms with van der Waals surface area (Å²) in [5, 5.41) is 0. The second kappa shape index (κ2) is 6.99. The van der Waals surface area contributed by atoms with Gasteiger partial charge in [-0.3, -0.25) is 14.4 Å². The van der Waals surface area contributed by atoms with Gasteiger partial charge in [0.05, 0.1) is 6.04 Å². The number of amides is 2. The molecule has 2 bridgehead atoms. The fourth-order valence-electron chi connectivity index (χ4n) is 3.75. The Morgan fingerprint density at radius 3 is 2.71 bits per heavy atom. The molecule has 2 aromatic rings. The number of allylic oxidation sites excluding steroid dienone is 1. The van der Waals surface area contributed by atoms with Crippen LogP contribution < -0.4 is 15.9 Å². The fourth-order valence-corrected chi connectivity index (χ4v) is 3.75. The lowest BCUT2D eigenvalue weighted by molar-refractivity contribution is 0.0626. The lowest BCUT2D eigenvalue weighted by Crippen LogP contribution is -2.47. The molecule has 0 radical (unpaired) electrons. The van der Waals surface area contributed by atoms with E-state index in [9.17, 15) is 14.4 Å². The fraction of sp³-hybridized carbons (Fsp3) is 0.286. The van der Waals surface area contributed by atoms with Gasteiger partial charge >= 0.3 is 0 Å². The Morgan fingerprint density at radius 1 is 1.25 bits per heavy atom. The lowest BCUT2D eigenvalue weighted by atomic mass is 10.1. The van der Waals surface area contributed by atoms with E-state index in [1.807, 2.05) is 49.4 Å². The van der Waals surface area contributed by atoms with Crippen LogP contribution in [-0.4, -0.2) is 33.9 Å². The molecule has 1 aromatic carbocycles. The van der Waals surface area contributed by atoms with Gasteiger partial charge in [-0.2, -0.15) is 0 Å². The molecule has 0 aliphatic carbocycles. The zero-order valence-corrected chi connectivity index (χ0v) is 15.5. The third-order valence-corrected chi connectivity index (χ3v) is 5.26. The van der Waals surface area contributed by atoms with Crippen molar-refractivity contribution >= 4 is 11.8 Å². The molecule has 0 spiro atoms. The summed E-state index contributed by atoms with van der Waals surface area (Å²) in [6, 6.07) is 9.15. The molecule has 0 saturated heterocycles. The minimum absolute atomic E-state index is 0.0841. The average molecular weight is 379 g/mol. The number of primary amides is 1. The van der Waals surface area contributed by atoms with Crippen molar-refractivity contribution in [2.24, 2.45) is 5.73 Å². The second-order valence-corrected chi connectivity index (χ2v) is 7.11. The highest BCUT2D eigenvalue weighted by atomic mass is 16.5. The van der Waals surface area contributed by atoms with Crippen LogP contribution >= 0.6 is 0 Å². The van der Waals surface area contributed by atoms with Gasteiger partial charge < -0.3 is 19.9 Å². The van der Waals surface area contributed by atoms with Crippen LogP contribution in [0.1, 0.15) is 45.8 Å². The van der Waals surface area contributed by atoms with Crippen molar-refractivity contribution in [1.29, 1.82) is 0 Å². The molecule has 0 saturated carbocycles. The van der Waals surface area contributed by atoms with Crippen molar-refractivity contribution in [3.8, 4) is 5.75 Å². The summed E-state index contributed by atoms with van der Waals surface area (Å²) < 4.78 is 7.50. The van der Waals surface area contributed by atoms with Crippen molar-refractivity contribution in [3.05, 3.63) is 75.7 Å². The molecule has 2 atom stereocenters. The minimum atomic E-state index is -0.836. The first-order valence-corrected chi connectivity index (χ1v) is 9.20. The summed E-state index contributed by atoms with van der Waals surface area (Å²) in [7, 11) is 0. The Bertz CT molecular complexity index is 1030. The Labute approximate surface area is 162 Å². The molecule has 1 aromatic heterocycles. The van der Waals surface area contributed by atoms with Gasteiger partial charge in [0, 0.05) is 18.8 Å². The average Bonchev–Trinajstić information content (AvgIpc) is 2.85. The van der Waals surface area contributed by atoms with Crippen molar-refractivity contribution in [1.82, 2.24) is 9.47 Å². The lowest BCUT2D eigenvalue weighted by Gasteiger charge is -2.37. The molecule has 2 amide bonds. The molecular weight excluding hydrogens is 358 g/mol. The number of hydrogen-bond acceptors (Lipinski definition) is 4. The van der Waals surface area contributed by atoms with Crippen molar-refractivity contribution in [2.45, 2.75) is 32.0 Å². The molecule has 2 aliphatic heterocycles. The van der Waals surface area contributed by atoms with E-state index in [1.54, 1.807) is 9.47 Å². The number of nitrogens with zero attached hydrogens (tertiary/aromatic N) is 2. The number of hydrogen-bond donors (Lipinski definition) is 1. The summed E-state index contributed by atoms with van der Waals surface area (Å²) in [4.78, 5) is 39.7. The van der Waals surface area contributed by atoms with Gasteiger partial charge in [-0.1, -0.05) is 42.5 Å². The van der Waals surface area contributed by atoms with Gasteiger partial charge in [-0.15, -0.1) is 0 Å². The number of fused-ring (bicyclic) bond motifs is 4. The molecule has 2 N–H and O–H groups in total. The van der Waals surface area contributed by atoms with E-state index in [1.165, 1.54) is 6.20 Å². The van der Waals surface area contributed by atoms with Gasteiger partial charge in [0.1, 0.15) is 12.2 Å². The first kappa shape index (κ1) is 18.0. The summed E-state index contributed by atoms with van der Waals surface area (Å²) in [5.74, 6) is -1.24. The highest BCUT2D eigenvalue weighted by Gasteiger charge is 2.38. The number of carbonyl (C=O) groups excluding carboxylic acids is 2. The third-order valence-electron chi connectivity index (χ3n) is 5.26. The van der Waals surface area contributed by atoms with Crippen LogP contribution in [0.3, 0.4) is 0 Å². The molecule has 7 nitrogen and oxygen atoms in total. The number of rotatable bonds is 4. The predicted molar refractivity (Wildman–Crippen MR) is 103 cm³/mol. The number of carbonyl (C=O) groups is 2. The predicted octanol–water partition coefficient (Wildman–Crippen LogP) is 1.87. The molecule has 3 heterocycles. The second-order valence-electron chi connectivity index (χ2n) is 7.11. The van der Waals surface area contributed by atoms with E-state index in [0.717, 1.165) is 5.56 Å². The maximum Gasteiger partial charge on any atom is 0.275 e. The van der Waals surface area contributed by atoms with Crippen LogP contribution in [0, 0.1) is 0 Å². The molecule has 144 valence electrons. The van der Waals surface area contributed by atoms with Crippen molar-refractivity contribution < 1.29 is 14.3 Å². The van der Waals surface area contributed by atoms with E-state index >= 15 is 0 Å². The maximum absolute atomic E-state index is 13.2. The highest BCUT2D eigenvalue weighted by Crippen LogP contribution is 2.32. The standard InChI is InChI=1S/C21H21N3O4/c1-13-6-5-9-15-10-23(13)21(27)17-19(28-12-14-7-3-2-4-8-14)18(25)16(20(22)26)11-24(15)17/h2-8,11,13,15H,9-10,12H2,1H3,(H2,22,26). The number of benzene rings is 1. The van der Waals surface area contributed by atoms with Gasteiger partial charge in [-0.25, -0.2) is 0 Å². The van der Waals surface area contributed by atoms with Crippen LogP contribution in [0.25, 0.3) is 0 Å². The minimum Gasteiger partial charge on any atom is -0.483 e. The smallest absolute Gasteiger partial charge is 0.275 e. The van der Waals surface area contributed by atoms with E-state index in [0.29, 0.717) is 13.0 Å². The molecule has 4 rings (SSSR count). The van der Waals surface area contributed by atoms with Crippen molar-refractivity contribution in [2.75, 3.05) is 6.54 Å². The Balaban J connectivity index is 1.85. The van der Waals surface area contributed by atoms with E-state index < -0.39 is 11.3 Å². The molecule has 2 unspecified atom stereocenters. The van der Waals surface area contributed by atoms with E-state index in [4.69, 9.17) is 10.5 Å². The zero-order valence-electron chi connectivity index (χ0n) is 15.5. The van der Waals surface area contributed by atoms with Gasteiger partial charge in [0.2, 0.25) is 5.43 Å². The molecular formula is C21H21N3O4. The summed E-state index contributed by atoms with van der Waals surface area (Å²) >= 11 is 0. The monoisotopic (exact) mass is 379 g/mol. The number of pyridine rings is 1. The van der Waals surface area contributed by atoms with Crippen LogP contribution in [0.2, 0.25) is 0 Å². The van der Waals surface area contributed by atoms with Crippen LogP contribution in [-0.2, 0) is 6.61 Å². The highest BCUT2D eigenvalue weighted by molar-refractivity contribution is 5.99. The Hall–Kier alpha value is -3.35. The number of ether oxygens (including phenoxy) is 1. The molecule has 28 heavy (non-hydrogen) atoms. The first-order valence-electron chi connectivity index (χ1n) is 9.20. The molecule has 7 heteroatoms. The van der Waals surface area contributed by atoms with Gasteiger partial charge in [-0.05, 0) is 18.9 Å². The summed E-state index contributed by atoms with van der Waals surface area (Å²) in [6.07, 6.45) is 6.08. The maximum atomic E-state index is 13.2. The van der Waals surface area contributed by atoms with Crippen LogP contribution in [0.5, 0.6) is 5.75 Å². The van der Waals surface area contributed by atoms with Gasteiger partial charge in [0.15, 0.2) is 11.4 Å².